The number of nitrogens with zero attached hydrogens (tertiary/aromatic N) is 2. The lowest BCUT2D eigenvalue weighted by molar-refractivity contribution is -0.414. The molecule has 100 valence electrons. The second kappa shape index (κ2) is 6.84. The Kier molecular flexibility index (Phi) is 4.61. The highest BCUT2D eigenvalue weighted by atomic mass is 16.6. The van der Waals surface area contributed by atoms with Gasteiger partial charge in [-0.05, 0) is 24.3 Å². The summed E-state index contributed by atoms with van der Waals surface area (Å²) in [6.07, 6.45) is 2.55. The third-order valence-corrected chi connectivity index (χ3v) is 2.47. The lowest BCUT2D eigenvalue weighted by Crippen LogP contribution is -2.03. The van der Waals surface area contributed by atoms with E-state index in [2.05, 4.69) is 10.3 Å². The van der Waals surface area contributed by atoms with Crippen molar-refractivity contribution < 1.29 is 4.92 Å². The molecule has 2 aromatic rings. The number of aliphatic imine (C=N–C) groups is 1. The van der Waals surface area contributed by atoms with E-state index in [9.17, 15) is 10.1 Å². The summed E-state index contributed by atoms with van der Waals surface area (Å²) in [6, 6.07) is 18.3. The molecule has 20 heavy (non-hydrogen) atoms. The molecule has 5 heteroatoms. The average molecular weight is 267 g/mol. The van der Waals surface area contributed by atoms with Gasteiger partial charge in [-0.2, -0.15) is 0 Å². The summed E-state index contributed by atoms with van der Waals surface area (Å²) >= 11 is 0. The van der Waals surface area contributed by atoms with E-state index in [-0.39, 0.29) is 5.70 Å². The lowest BCUT2D eigenvalue weighted by Gasteiger charge is -1.99. The van der Waals surface area contributed by atoms with Crippen LogP contribution in [-0.4, -0.2) is 11.1 Å². The first-order chi connectivity index (χ1) is 9.75. The topological polar surface area (TPSA) is 67.5 Å². The molecule has 2 rings (SSSR count). The van der Waals surface area contributed by atoms with E-state index in [1.807, 2.05) is 48.5 Å². The Balaban J connectivity index is 2.11. The van der Waals surface area contributed by atoms with Gasteiger partial charge in [-0.3, -0.25) is 10.1 Å². The van der Waals surface area contributed by atoms with Crippen LogP contribution in [0.5, 0.6) is 0 Å². The first-order valence-corrected chi connectivity index (χ1v) is 6.01. The van der Waals surface area contributed by atoms with Crippen LogP contribution in [0.25, 0.3) is 0 Å². The SMILES string of the molecule is O=[N+]([O-])/C(C=Nc1ccccc1)=C/Nc1ccccc1. The van der Waals surface area contributed by atoms with Gasteiger partial charge in [0.15, 0.2) is 0 Å². The maximum atomic E-state index is 10.9. The number of nitro groups is 1. The van der Waals surface area contributed by atoms with Crippen molar-refractivity contribution >= 4 is 17.6 Å². The minimum Gasteiger partial charge on any atom is -0.356 e. The molecule has 0 saturated carbocycles. The minimum absolute atomic E-state index is 0.113. The fourth-order valence-electron chi connectivity index (χ4n) is 1.48. The van der Waals surface area contributed by atoms with Crippen molar-refractivity contribution in [3.63, 3.8) is 0 Å². The number of allylic oxidation sites excluding steroid dienone is 1. The molecule has 1 N–H and O–H groups in total. The van der Waals surface area contributed by atoms with Gasteiger partial charge in [-0.25, -0.2) is 4.99 Å². The van der Waals surface area contributed by atoms with Crippen LogP contribution in [0, 0.1) is 10.1 Å². The third-order valence-electron chi connectivity index (χ3n) is 2.47. The molecule has 0 heterocycles. The van der Waals surface area contributed by atoms with Crippen LogP contribution in [0.3, 0.4) is 0 Å². The molecule has 0 aliphatic rings. The molecule has 2 aromatic carbocycles. The van der Waals surface area contributed by atoms with Crippen molar-refractivity contribution in [2.75, 3.05) is 5.32 Å². The number of anilines is 1. The summed E-state index contributed by atoms with van der Waals surface area (Å²) in [6.45, 7) is 0. The van der Waals surface area contributed by atoms with Gasteiger partial charge in [-0.15, -0.1) is 0 Å². The van der Waals surface area contributed by atoms with Gasteiger partial charge in [0.2, 0.25) is 0 Å². The van der Waals surface area contributed by atoms with E-state index in [1.165, 1.54) is 12.4 Å². The molecule has 0 unspecified atom stereocenters. The zero-order valence-electron chi connectivity index (χ0n) is 10.6. The van der Waals surface area contributed by atoms with Crippen molar-refractivity contribution in [1.29, 1.82) is 0 Å². The zero-order chi connectivity index (χ0) is 14.2. The molecule has 0 radical (unpaired) electrons. The number of hydrogen-bond donors (Lipinski definition) is 1. The predicted molar refractivity (Wildman–Crippen MR) is 79.7 cm³/mol. The van der Waals surface area contributed by atoms with Gasteiger partial charge in [-0.1, -0.05) is 36.4 Å². The number of hydrogen-bond acceptors (Lipinski definition) is 4. The van der Waals surface area contributed by atoms with Crippen LogP contribution < -0.4 is 5.32 Å². The maximum Gasteiger partial charge on any atom is 0.303 e. The molecule has 0 saturated heterocycles. The van der Waals surface area contributed by atoms with Gasteiger partial charge >= 0.3 is 5.70 Å². The summed E-state index contributed by atoms with van der Waals surface area (Å²) < 4.78 is 0. The van der Waals surface area contributed by atoms with Gasteiger partial charge in [0, 0.05) is 5.69 Å². The molecule has 0 aliphatic heterocycles. The van der Waals surface area contributed by atoms with Crippen molar-refractivity contribution in [1.82, 2.24) is 0 Å². The van der Waals surface area contributed by atoms with Crippen LogP contribution in [-0.2, 0) is 0 Å². The number of nitrogens with one attached hydrogen (secondary N) is 1. The first kappa shape index (κ1) is 13.5. The van der Waals surface area contributed by atoms with Gasteiger partial charge < -0.3 is 5.32 Å². The van der Waals surface area contributed by atoms with Crippen LogP contribution >= 0.6 is 0 Å². The van der Waals surface area contributed by atoms with Gasteiger partial charge in [0.05, 0.1) is 16.8 Å². The molecule has 0 aliphatic carbocycles. The molecule has 0 bridgehead atoms. The number of rotatable bonds is 5. The van der Waals surface area contributed by atoms with E-state index in [1.54, 1.807) is 12.1 Å². The van der Waals surface area contributed by atoms with E-state index in [4.69, 9.17) is 0 Å². The van der Waals surface area contributed by atoms with E-state index in [0.29, 0.717) is 5.69 Å². The second-order valence-corrected chi connectivity index (χ2v) is 3.93. The second-order valence-electron chi connectivity index (χ2n) is 3.93. The average Bonchev–Trinajstić information content (AvgIpc) is 2.49. The minimum atomic E-state index is -0.484. The predicted octanol–water partition coefficient (Wildman–Crippen LogP) is 3.62. The summed E-state index contributed by atoms with van der Waals surface area (Å²) in [7, 11) is 0. The fourth-order valence-corrected chi connectivity index (χ4v) is 1.48. The van der Waals surface area contributed by atoms with E-state index < -0.39 is 4.92 Å². The van der Waals surface area contributed by atoms with Gasteiger partial charge in [0.1, 0.15) is 6.21 Å². The normalized spacial score (nSPS) is 11.5. The Morgan fingerprint density at radius 1 is 1.05 bits per heavy atom. The molecule has 0 fully saturated rings. The highest BCUT2D eigenvalue weighted by Gasteiger charge is 2.06. The van der Waals surface area contributed by atoms with E-state index in [0.717, 1.165) is 5.69 Å². The Morgan fingerprint density at radius 2 is 1.65 bits per heavy atom. The summed E-state index contributed by atoms with van der Waals surface area (Å²) in [5, 5.41) is 13.8. The highest BCUT2D eigenvalue weighted by molar-refractivity contribution is 5.78. The van der Waals surface area contributed by atoms with Crippen LogP contribution in [0.2, 0.25) is 0 Å². The summed E-state index contributed by atoms with van der Waals surface area (Å²) in [4.78, 5) is 14.5. The third kappa shape index (κ3) is 4.06. The number of para-hydroxylation sites is 2. The molecular formula is C15H13N3O2. The number of benzene rings is 2. The lowest BCUT2D eigenvalue weighted by atomic mass is 10.3. The van der Waals surface area contributed by atoms with Crippen LogP contribution in [0.1, 0.15) is 0 Å². The van der Waals surface area contributed by atoms with Crippen LogP contribution in [0.15, 0.2) is 77.6 Å². The van der Waals surface area contributed by atoms with Crippen molar-refractivity contribution in [3.8, 4) is 0 Å². The van der Waals surface area contributed by atoms with Crippen molar-refractivity contribution in [2.24, 2.45) is 4.99 Å². The summed E-state index contributed by atoms with van der Waals surface area (Å²) in [5.74, 6) is 0. The Morgan fingerprint density at radius 3 is 2.25 bits per heavy atom. The molecule has 5 nitrogen and oxygen atoms in total. The maximum absolute atomic E-state index is 10.9. The first-order valence-electron chi connectivity index (χ1n) is 6.01. The Bertz CT molecular complexity index is 622. The highest BCUT2D eigenvalue weighted by Crippen LogP contribution is 2.10. The molecule has 0 amide bonds. The zero-order valence-corrected chi connectivity index (χ0v) is 10.6. The smallest absolute Gasteiger partial charge is 0.303 e. The fraction of sp³-hybridized carbons (Fsp3) is 0. The van der Waals surface area contributed by atoms with Crippen LogP contribution in [0.4, 0.5) is 11.4 Å². The Hall–Kier alpha value is -2.95. The van der Waals surface area contributed by atoms with Crippen molar-refractivity contribution in [2.45, 2.75) is 0 Å². The standard InChI is InChI=1S/C15H13N3O2/c19-18(20)15(11-16-13-7-3-1-4-8-13)12-17-14-9-5-2-6-10-14/h1-12,16H/b15-11+,17-12?. The molecular weight excluding hydrogens is 254 g/mol. The molecule has 0 spiro atoms. The Labute approximate surface area is 116 Å². The molecule has 0 atom stereocenters. The molecule has 0 aromatic heterocycles. The van der Waals surface area contributed by atoms with E-state index >= 15 is 0 Å². The quantitative estimate of drug-likeness (QED) is 0.511. The monoisotopic (exact) mass is 267 g/mol. The van der Waals surface area contributed by atoms with Crippen molar-refractivity contribution in [3.05, 3.63) is 82.7 Å². The summed E-state index contributed by atoms with van der Waals surface area (Å²) in [5.41, 5.74) is 1.33. The largest absolute Gasteiger partial charge is 0.356 e. The van der Waals surface area contributed by atoms with Gasteiger partial charge in [0.25, 0.3) is 0 Å².